The van der Waals surface area contributed by atoms with Crippen LogP contribution in [0.2, 0.25) is 0 Å². The lowest BCUT2D eigenvalue weighted by Crippen LogP contribution is -2.49. The van der Waals surface area contributed by atoms with Crippen LogP contribution in [-0.2, 0) is 0 Å². The Hall–Kier alpha value is -0.240. The molecule has 0 aromatic rings. The largest absolute Gasteiger partial charge is 0.325 e. The van der Waals surface area contributed by atoms with Gasteiger partial charge in [0.15, 0.2) is 0 Å². The predicted molar refractivity (Wildman–Crippen MR) is 116 cm³/mol. The second-order valence-electron chi connectivity index (χ2n) is 9.59. The fourth-order valence-corrected chi connectivity index (χ4v) is 4.66. The molecule has 2 saturated heterocycles. The van der Waals surface area contributed by atoms with Crippen LogP contribution in [0.1, 0.15) is 54.4 Å². The van der Waals surface area contributed by atoms with Crippen LogP contribution >= 0.6 is 0 Å². The Bertz CT molecular complexity index is 429. The first-order chi connectivity index (χ1) is 12.7. The summed E-state index contributed by atoms with van der Waals surface area (Å²) < 4.78 is 0. The van der Waals surface area contributed by atoms with Gasteiger partial charge in [-0.15, -0.1) is 0 Å². The first-order valence-electron chi connectivity index (χ1n) is 11.1. The van der Waals surface area contributed by atoms with Crippen LogP contribution < -0.4 is 21.7 Å². The van der Waals surface area contributed by atoms with Crippen LogP contribution in [0.3, 0.4) is 0 Å². The first-order valence-corrected chi connectivity index (χ1v) is 11.1. The fourth-order valence-electron chi connectivity index (χ4n) is 4.66. The summed E-state index contributed by atoms with van der Waals surface area (Å²) in [4.78, 5) is 5.14. The SMILES string of the molecule is CN[C@H]1CN(C(C)C)C[C@@H]1NC(C)CCC(C)N1C[C@@H](N)[C@@H](NC(C)C)C1. The van der Waals surface area contributed by atoms with Crippen LogP contribution in [0.4, 0.5) is 0 Å². The Kier molecular flexibility index (Phi) is 8.97. The molecule has 0 aromatic carbocycles. The fraction of sp³-hybridized carbons (Fsp3) is 1.00. The highest BCUT2D eigenvalue weighted by atomic mass is 15.3. The minimum atomic E-state index is 0.252. The molecule has 2 rings (SSSR count). The molecule has 6 nitrogen and oxygen atoms in total. The van der Waals surface area contributed by atoms with Crippen molar-refractivity contribution in [3.8, 4) is 0 Å². The van der Waals surface area contributed by atoms with Crippen molar-refractivity contribution in [3.05, 3.63) is 0 Å². The predicted octanol–water partition coefficient (Wildman–Crippen LogP) is 0.823. The molecule has 27 heavy (non-hydrogen) atoms. The summed E-state index contributed by atoms with van der Waals surface area (Å²) in [5, 5.41) is 11.0. The number of likely N-dealkylation sites (N-methyl/N-ethyl adjacent to an activating group) is 1. The molecule has 2 aliphatic rings. The van der Waals surface area contributed by atoms with E-state index in [-0.39, 0.29) is 6.04 Å². The number of likely N-dealkylation sites (tertiary alicyclic amines) is 2. The third kappa shape index (κ3) is 6.65. The Labute approximate surface area is 168 Å². The second kappa shape index (κ2) is 10.5. The monoisotopic (exact) mass is 382 g/mol. The highest BCUT2D eigenvalue weighted by molar-refractivity contribution is 4.96. The summed E-state index contributed by atoms with van der Waals surface area (Å²) in [5.74, 6) is 0. The van der Waals surface area contributed by atoms with Crippen molar-refractivity contribution in [2.45, 2.75) is 103 Å². The zero-order valence-corrected chi connectivity index (χ0v) is 18.8. The molecule has 2 aliphatic heterocycles. The molecule has 0 amide bonds. The van der Waals surface area contributed by atoms with Gasteiger partial charge in [0.1, 0.15) is 0 Å². The van der Waals surface area contributed by atoms with E-state index in [1.807, 2.05) is 0 Å². The van der Waals surface area contributed by atoms with E-state index in [9.17, 15) is 0 Å². The molecule has 0 aliphatic carbocycles. The number of nitrogens with zero attached hydrogens (tertiary/aromatic N) is 2. The van der Waals surface area contributed by atoms with Gasteiger partial charge in [0.2, 0.25) is 0 Å². The minimum Gasteiger partial charge on any atom is -0.325 e. The standard InChI is InChI=1S/C21H46N6/c1-14(2)24-19-11-27(10-18(19)22)17(6)9-8-16(5)25-21-13-26(15(3)4)12-20(21)23-7/h14-21,23-25H,8-13,22H2,1-7H3/t16?,17?,18-,19+,20+,21+/m1/s1. The highest BCUT2D eigenvalue weighted by Gasteiger charge is 2.34. The van der Waals surface area contributed by atoms with Gasteiger partial charge in [-0.25, -0.2) is 0 Å². The topological polar surface area (TPSA) is 68.6 Å². The number of nitrogens with one attached hydrogen (secondary N) is 3. The van der Waals surface area contributed by atoms with Gasteiger partial charge in [-0.1, -0.05) is 13.8 Å². The van der Waals surface area contributed by atoms with Gasteiger partial charge in [0.25, 0.3) is 0 Å². The van der Waals surface area contributed by atoms with Crippen molar-refractivity contribution in [3.63, 3.8) is 0 Å². The molecular formula is C21H46N6. The van der Waals surface area contributed by atoms with E-state index in [4.69, 9.17) is 5.73 Å². The van der Waals surface area contributed by atoms with Gasteiger partial charge >= 0.3 is 0 Å². The van der Waals surface area contributed by atoms with E-state index >= 15 is 0 Å². The first kappa shape index (κ1) is 23.0. The van der Waals surface area contributed by atoms with E-state index in [1.165, 1.54) is 12.8 Å². The lowest BCUT2D eigenvalue weighted by Gasteiger charge is -2.28. The molecule has 0 aromatic heterocycles. The van der Waals surface area contributed by atoms with E-state index < -0.39 is 0 Å². The van der Waals surface area contributed by atoms with Crippen LogP contribution in [0, 0.1) is 0 Å². The van der Waals surface area contributed by atoms with Gasteiger partial charge in [0, 0.05) is 74.5 Å². The van der Waals surface area contributed by atoms with Gasteiger partial charge in [-0.3, -0.25) is 9.80 Å². The number of rotatable bonds is 10. The molecule has 0 bridgehead atoms. The number of nitrogens with two attached hydrogens (primary N) is 1. The highest BCUT2D eigenvalue weighted by Crippen LogP contribution is 2.18. The van der Waals surface area contributed by atoms with Crippen LogP contribution in [-0.4, -0.2) is 91.4 Å². The summed E-state index contributed by atoms with van der Waals surface area (Å²) >= 11 is 0. The molecule has 2 heterocycles. The molecule has 5 N–H and O–H groups in total. The number of hydrogen-bond acceptors (Lipinski definition) is 6. The van der Waals surface area contributed by atoms with E-state index in [0.717, 1.165) is 26.2 Å². The summed E-state index contributed by atoms with van der Waals surface area (Å²) in [6.45, 7) is 18.1. The van der Waals surface area contributed by atoms with Crippen molar-refractivity contribution in [2.75, 3.05) is 33.2 Å². The van der Waals surface area contributed by atoms with Gasteiger partial charge in [-0.2, -0.15) is 0 Å². The average molecular weight is 383 g/mol. The maximum Gasteiger partial charge on any atom is 0.0363 e. The average Bonchev–Trinajstić information content (AvgIpc) is 3.16. The summed E-state index contributed by atoms with van der Waals surface area (Å²) in [7, 11) is 2.09. The quantitative estimate of drug-likeness (QED) is 0.449. The summed E-state index contributed by atoms with van der Waals surface area (Å²) in [6, 6.07) is 4.03. The van der Waals surface area contributed by atoms with Crippen LogP contribution in [0.25, 0.3) is 0 Å². The van der Waals surface area contributed by atoms with Crippen LogP contribution in [0.15, 0.2) is 0 Å². The molecule has 2 fully saturated rings. The molecule has 6 heteroatoms. The Morgan fingerprint density at radius 3 is 2.04 bits per heavy atom. The minimum absolute atomic E-state index is 0.252. The van der Waals surface area contributed by atoms with E-state index in [1.54, 1.807) is 0 Å². The molecule has 2 unspecified atom stereocenters. The molecule has 0 radical (unpaired) electrons. The maximum absolute atomic E-state index is 6.36. The van der Waals surface area contributed by atoms with Crippen molar-refractivity contribution >= 4 is 0 Å². The van der Waals surface area contributed by atoms with Crippen molar-refractivity contribution in [2.24, 2.45) is 5.73 Å². The Morgan fingerprint density at radius 2 is 1.44 bits per heavy atom. The lowest BCUT2D eigenvalue weighted by atomic mass is 10.1. The lowest BCUT2D eigenvalue weighted by molar-refractivity contribution is 0.226. The molecule has 0 spiro atoms. The van der Waals surface area contributed by atoms with Gasteiger partial charge in [-0.05, 0) is 47.6 Å². The molecule has 0 saturated carbocycles. The van der Waals surface area contributed by atoms with Gasteiger partial charge < -0.3 is 21.7 Å². The van der Waals surface area contributed by atoms with E-state index in [0.29, 0.717) is 42.3 Å². The smallest absolute Gasteiger partial charge is 0.0363 e. The van der Waals surface area contributed by atoms with Crippen molar-refractivity contribution in [1.29, 1.82) is 0 Å². The third-order valence-electron chi connectivity index (χ3n) is 6.53. The van der Waals surface area contributed by atoms with E-state index in [2.05, 4.69) is 74.3 Å². The molecule has 160 valence electrons. The molecule has 6 atom stereocenters. The van der Waals surface area contributed by atoms with Gasteiger partial charge in [0.05, 0.1) is 0 Å². The van der Waals surface area contributed by atoms with Crippen molar-refractivity contribution < 1.29 is 0 Å². The van der Waals surface area contributed by atoms with Crippen molar-refractivity contribution in [1.82, 2.24) is 25.8 Å². The Morgan fingerprint density at radius 1 is 0.815 bits per heavy atom. The summed E-state index contributed by atoms with van der Waals surface area (Å²) in [6.07, 6.45) is 2.43. The zero-order chi connectivity index (χ0) is 20.1. The maximum atomic E-state index is 6.36. The summed E-state index contributed by atoms with van der Waals surface area (Å²) in [5.41, 5.74) is 6.36. The second-order valence-corrected chi connectivity index (χ2v) is 9.59. The molecular weight excluding hydrogens is 336 g/mol. The zero-order valence-electron chi connectivity index (χ0n) is 18.8. The van der Waals surface area contributed by atoms with Crippen LogP contribution in [0.5, 0.6) is 0 Å². The Balaban J connectivity index is 1.74. The normalized spacial score (nSPS) is 32.7. The third-order valence-corrected chi connectivity index (χ3v) is 6.53. The number of hydrogen-bond donors (Lipinski definition) is 4.